The molecule has 1 aliphatic heterocycles. The summed E-state index contributed by atoms with van der Waals surface area (Å²) in [6.07, 6.45) is 5.42. The van der Waals surface area contributed by atoms with Crippen molar-refractivity contribution in [3.05, 3.63) is 23.8 Å². The van der Waals surface area contributed by atoms with Gasteiger partial charge >= 0.3 is 0 Å². The summed E-state index contributed by atoms with van der Waals surface area (Å²) in [6, 6.07) is 5.44. The Labute approximate surface area is 215 Å². The van der Waals surface area contributed by atoms with Crippen molar-refractivity contribution < 1.29 is 19.3 Å². The third-order valence-electron chi connectivity index (χ3n) is 6.60. The molecule has 3 N–H and O–H groups in total. The first-order valence-corrected chi connectivity index (χ1v) is 11.9. The third kappa shape index (κ3) is 7.60. The van der Waals surface area contributed by atoms with Gasteiger partial charge in [-0.2, -0.15) is 0 Å². The zero-order chi connectivity index (χ0) is 22.8. The maximum absolute atomic E-state index is 10.8. The molecule has 1 aromatic rings. The molecular formula is C24H41IN4O4. The van der Waals surface area contributed by atoms with E-state index in [4.69, 9.17) is 19.2 Å². The Morgan fingerprint density at radius 3 is 2.52 bits per heavy atom. The van der Waals surface area contributed by atoms with Gasteiger partial charge in [0.15, 0.2) is 5.96 Å². The van der Waals surface area contributed by atoms with Gasteiger partial charge in [-0.3, -0.25) is 9.89 Å². The van der Waals surface area contributed by atoms with E-state index in [9.17, 15) is 5.11 Å². The summed E-state index contributed by atoms with van der Waals surface area (Å²) in [7, 11) is 3.22. The zero-order valence-electron chi connectivity index (χ0n) is 20.3. The van der Waals surface area contributed by atoms with E-state index in [1.807, 2.05) is 18.2 Å². The number of guanidine groups is 1. The number of aliphatic hydroxyl groups is 1. The highest BCUT2D eigenvalue weighted by Gasteiger charge is 2.38. The van der Waals surface area contributed by atoms with Crippen LogP contribution in [0.4, 0.5) is 0 Å². The van der Waals surface area contributed by atoms with Gasteiger partial charge in [-0.05, 0) is 38.0 Å². The van der Waals surface area contributed by atoms with Crippen molar-refractivity contribution in [1.82, 2.24) is 15.5 Å². The summed E-state index contributed by atoms with van der Waals surface area (Å²) in [5.41, 5.74) is 0.797. The number of aliphatic hydroxyl groups excluding tert-OH is 1. The molecule has 1 saturated heterocycles. The molecule has 188 valence electrons. The minimum atomic E-state index is -0.758. The van der Waals surface area contributed by atoms with Crippen molar-refractivity contribution in [3.8, 4) is 11.5 Å². The van der Waals surface area contributed by atoms with E-state index in [1.54, 1.807) is 14.2 Å². The van der Waals surface area contributed by atoms with Gasteiger partial charge in [-0.1, -0.05) is 19.3 Å². The minimum absolute atomic E-state index is 0. The third-order valence-corrected chi connectivity index (χ3v) is 6.60. The largest absolute Gasteiger partial charge is 0.497 e. The van der Waals surface area contributed by atoms with Crippen molar-refractivity contribution in [1.29, 1.82) is 0 Å². The maximum Gasteiger partial charge on any atom is 0.191 e. The quantitative estimate of drug-likeness (QED) is 0.237. The molecule has 2 aliphatic rings. The lowest BCUT2D eigenvalue weighted by Gasteiger charge is -2.47. The smallest absolute Gasteiger partial charge is 0.191 e. The lowest BCUT2D eigenvalue weighted by molar-refractivity contribution is -0.0333. The van der Waals surface area contributed by atoms with Crippen LogP contribution in [0.5, 0.6) is 11.5 Å². The molecule has 0 amide bonds. The molecule has 0 spiro atoms. The SMILES string of the molecule is CCNC(=NCC1(N2CCOCC2)CCCCC1)NCC(O)c1cc(OC)ccc1OC.I. The second-order valence-corrected chi connectivity index (χ2v) is 8.58. The number of hydrogen-bond donors (Lipinski definition) is 3. The molecule has 1 unspecified atom stereocenters. The Morgan fingerprint density at radius 2 is 1.88 bits per heavy atom. The molecule has 1 aromatic carbocycles. The van der Waals surface area contributed by atoms with E-state index in [2.05, 4.69) is 22.5 Å². The number of methoxy groups -OCH3 is 2. The fourth-order valence-corrected chi connectivity index (χ4v) is 4.79. The molecule has 3 rings (SSSR count). The van der Waals surface area contributed by atoms with Gasteiger partial charge in [0.05, 0.1) is 40.1 Å². The van der Waals surface area contributed by atoms with Crippen molar-refractivity contribution in [2.45, 2.75) is 50.7 Å². The predicted octanol–water partition coefficient (Wildman–Crippen LogP) is 2.95. The molecular weight excluding hydrogens is 535 g/mol. The topological polar surface area (TPSA) is 87.6 Å². The lowest BCUT2D eigenvalue weighted by atomic mass is 9.80. The summed E-state index contributed by atoms with van der Waals surface area (Å²) >= 11 is 0. The van der Waals surface area contributed by atoms with E-state index in [0.717, 1.165) is 45.4 Å². The van der Waals surface area contributed by atoms with Crippen molar-refractivity contribution in [2.75, 3.05) is 60.2 Å². The molecule has 0 aromatic heterocycles. The van der Waals surface area contributed by atoms with Crippen LogP contribution in [-0.2, 0) is 4.74 Å². The number of ether oxygens (including phenoxy) is 3. The molecule has 1 heterocycles. The van der Waals surface area contributed by atoms with E-state index < -0.39 is 6.10 Å². The Balaban J connectivity index is 0.00000385. The number of aliphatic imine (C=N–C) groups is 1. The van der Waals surface area contributed by atoms with Gasteiger partial charge in [0.2, 0.25) is 0 Å². The van der Waals surface area contributed by atoms with Crippen LogP contribution in [0.1, 0.15) is 50.7 Å². The summed E-state index contributed by atoms with van der Waals surface area (Å²) in [5.74, 6) is 2.05. The van der Waals surface area contributed by atoms with Crippen LogP contribution in [0.15, 0.2) is 23.2 Å². The second-order valence-electron chi connectivity index (χ2n) is 8.58. The van der Waals surface area contributed by atoms with Crippen LogP contribution in [0, 0.1) is 0 Å². The average Bonchev–Trinajstić information content (AvgIpc) is 2.86. The molecule has 33 heavy (non-hydrogen) atoms. The molecule has 8 nitrogen and oxygen atoms in total. The second kappa shape index (κ2) is 14.2. The normalized spacial score (nSPS) is 19.8. The Morgan fingerprint density at radius 1 is 1.15 bits per heavy atom. The maximum atomic E-state index is 10.8. The number of morpholine rings is 1. The van der Waals surface area contributed by atoms with E-state index >= 15 is 0 Å². The van der Waals surface area contributed by atoms with Crippen LogP contribution in [0.3, 0.4) is 0 Å². The number of halogens is 1. The van der Waals surface area contributed by atoms with Crippen molar-refractivity contribution in [3.63, 3.8) is 0 Å². The zero-order valence-corrected chi connectivity index (χ0v) is 22.6. The van der Waals surface area contributed by atoms with Crippen LogP contribution in [0.2, 0.25) is 0 Å². The Hall–Kier alpha value is -1.30. The highest BCUT2D eigenvalue weighted by molar-refractivity contribution is 14.0. The van der Waals surface area contributed by atoms with E-state index in [0.29, 0.717) is 23.6 Å². The fraction of sp³-hybridized carbons (Fsp3) is 0.708. The van der Waals surface area contributed by atoms with Gasteiger partial charge in [0.1, 0.15) is 11.5 Å². The molecule has 1 atom stereocenters. The summed E-state index contributed by atoms with van der Waals surface area (Å²) < 4.78 is 16.3. The standard InChI is InChI=1S/C24H40N4O4.HI/c1-4-25-23(26-17-21(29)20-16-19(30-2)8-9-22(20)31-3)27-18-24(10-6-5-7-11-24)28-12-14-32-15-13-28;/h8-9,16,21,29H,4-7,10-15,17-18H2,1-3H3,(H2,25,26,27);1H. The highest BCUT2D eigenvalue weighted by atomic mass is 127. The van der Waals surface area contributed by atoms with Crippen LogP contribution in [0.25, 0.3) is 0 Å². The Bertz CT molecular complexity index is 737. The summed E-state index contributed by atoms with van der Waals surface area (Å²) in [5, 5.41) is 17.5. The van der Waals surface area contributed by atoms with Gasteiger partial charge in [-0.25, -0.2) is 0 Å². The molecule has 0 radical (unpaired) electrons. The first-order chi connectivity index (χ1) is 15.6. The molecule has 0 bridgehead atoms. The number of hydrogen-bond acceptors (Lipinski definition) is 6. The van der Waals surface area contributed by atoms with Gasteiger partial charge in [0, 0.05) is 37.3 Å². The van der Waals surface area contributed by atoms with Gasteiger partial charge in [0.25, 0.3) is 0 Å². The highest BCUT2D eigenvalue weighted by Crippen LogP contribution is 2.34. The van der Waals surface area contributed by atoms with Gasteiger partial charge < -0.3 is 30.0 Å². The van der Waals surface area contributed by atoms with Crippen LogP contribution in [-0.4, -0.2) is 81.7 Å². The van der Waals surface area contributed by atoms with Crippen molar-refractivity contribution in [2.24, 2.45) is 4.99 Å². The van der Waals surface area contributed by atoms with E-state index in [-0.39, 0.29) is 29.5 Å². The van der Waals surface area contributed by atoms with E-state index in [1.165, 1.54) is 32.1 Å². The number of nitrogens with one attached hydrogen (secondary N) is 2. The van der Waals surface area contributed by atoms with Crippen LogP contribution >= 0.6 is 24.0 Å². The monoisotopic (exact) mass is 576 g/mol. The summed E-state index contributed by atoms with van der Waals surface area (Å²) in [6.45, 7) is 7.45. The predicted molar refractivity (Wildman–Crippen MR) is 142 cm³/mol. The van der Waals surface area contributed by atoms with Crippen molar-refractivity contribution >= 4 is 29.9 Å². The molecule has 2 fully saturated rings. The fourth-order valence-electron chi connectivity index (χ4n) is 4.79. The molecule has 1 aliphatic carbocycles. The molecule has 1 saturated carbocycles. The lowest BCUT2D eigenvalue weighted by Crippen LogP contribution is -2.56. The summed E-state index contributed by atoms with van der Waals surface area (Å²) in [4.78, 5) is 7.57. The molecule has 9 heteroatoms. The van der Waals surface area contributed by atoms with Gasteiger partial charge in [-0.15, -0.1) is 24.0 Å². The minimum Gasteiger partial charge on any atom is -0.497 e. The first-order valence-electron chi connectivity index (χ1n) is 11.9. The first kappa shape index (κ1) is 27.9. The van der Waals surface area contributed by atoms with Crippen LogP contribution < -0.4 is 20.1 Å². The average molecular weight is 577 g/mol. The number of nitrogens with zero attached hydrogens (tertiary/aromatic N) is 2. The number of rotatable bonds is 9. The number of benzene rings is 1. The Kier molecular flexibility index (Phi) is 12.0.